The average Bonchev–Trinajstić information content (AvgIpc) is 2.93. The minimum Gasteiger partial charge on any atom is -0.423 e. The van der Waals surface area contributed by atoms with Crippen LogP contribution in [0.1, 0.15) is 18.1 Å². The number of carbonyl (C=O) groups excluding carboxylic acids is 1. The third kappa shape index (κ3) is 16.0. The van der Waals surface area contributed by atoms with Crippen LogP contribution in [-0.4, -0.2) is 63.0 Å². The Balaban J connectivity index is 0.000000435. The Bertz CT molecular complexity index is 1460. The Hall–Kier alpha value is -3.60. The SMILES string of the molecule is C#Cc1ccccc1.CC(=O)N[C@@H](COP(C)(C)=O)Cc1ccc(OS(=O)(=O)C(F)(F)F)cc1.OB(O)c1ccccc1. The molecule has 3 rings (SSSR count). The van der Waals surface area contributed by atoms with Crippen molar-refractivity contribution in [2.75, 3.05) is 19.9 Å². The lowest BCUT2D eigenvalue weighted by atomic mass is 9.81. The van der Waals surface area contributed by atoms with Crippen LogP contribution in [0.2, 0.25) is 0 Å². The van der Waals surface area contributed by atoms with Crippen molar-refractivity contribution in [3.05, 3.63) is 96.1 Å². The number of terminal acetylenes is 1. The van der Waals surface area contributed by atoms with Gasteiger partial charge in [-0.1, -0.05) is 66.6 Å². The molecule has 9 nitrogen and oxygen atoms in total. The summed E-state index contributed by atoms with van der Waals surface area (Å²) >= 11 is 0. The van der Waals surface area contributed by atoms with Crippen molar-refractivity contribution in [1.29, 1.82) is 0 Å². The van der Waals surface area contributed by atoms with E-state index in [0.29, 0.717) is 11.0 Å². The summed E-state index contributed by atoms with van der Waals surface area (Å²) < 4.78 is 79.6. The van der Waals surface area contributed by atoms with E-state index in [-0.39, 0.29) is 18.9 Å². The van der Waals surface area contributed by atoms with Gasteiger partial charge in [0.2, 0.25) is 5.91 Å². The van der Waals surface area contributed by atoms with Crippen LogP contribution in [0.15, 0.2) is 84.9 Å². The van der Waals surface area contributed by atoms with Gasteiger partial charge in [0.25, 0.3) is 0 Å². The zero-order valence-electron chi connectivity index (χ0n) is 23.6. The average molecular weight is 641 g/mol. The molecule has 0 aromatic heterocycles. The molecule has 232 valence electrons. The van der Waals surface area contributed by atoms with Gasteiger partial charge in [0.1, 0.15) is 5.75 Å². The first-order chi connectivity index (χ1) is 19.9. The summed E-state index contributed by atoms with van der Waals surface area (Å²) in [5.74, 6) is 1.70. The van der Waals surface area contributed by atoms with E-state index in [2.05, 4.69) is 15.4 Å². The molecular formula is C28H32BF3NO8PS. The quantitative estimate of drug-likeness (QED) is 0.106. The van der Waals surface area contributed by atoms with Gasteiger partial charge >= 0.3 is 22.7 Å². The van der Waals surface area contributed by atoms with E-state index in [1.807, 2.05) is 36.4 Å². The Kier molecular flexibility index (Phi) is 15.2. The largest absolute Gasteiger partial charge is 0.534 e. The minimum atomic E-state index is -5.74. The maximum Gasteiger partial charge on any atom is 0.534 e. The van der Waals surface area contributed by atoms with Gasteiger partial charge in [0.05, 0.1) is 12.6 Å². The molecule has 3 aromatic carbocycles. The molecule has 3 aromatic rings. The second kappa shape index (κ2) is 17.5. The van der Waals surface area contributed by atoms with Crippen molar-refractivity contribution in [3.8, 4) is 18.1 Å². The molecule has 0 unspecified atom stereocenters. The lowest BCUT2D eigenvalue weighted by molar-refractivity contribution is -0.119. The molecule has 1 amide bonds. The molecule has 43 heavy (non-hydrogen) atoms. The van der Waals surface area contributed by atoms with Gasteiger partial charge in [0, 0.05) is 25.8 Å². The Morgan fingerprint density at radius 2 is 1.51 bits per heavy atom. The van der Waals surface area contributed by atoms with Crippen molar-refractivity contribution >= 4 is 36.0 Å². The highest BCUT2D eigenvalue weighted by Gasteiger charge is 2.48. The van der Waals surface area contributed by atoms with Crippen LogP contribution in [0.25, 0.3) is 0 Å². The van der Waals surface area contributed by atoms with E-state index in [1.54, 1.807) is 24.3 Å². The predicted octanol–water partition coefficient (Wildman–Crippen LogP) is 3.55. The fourth-order valence-electron chi connectivity index (χ4n) is 3.01. The number of hydrogen-bond acceptors (Lipinski definition) is 8. The van der Waals surface area contributed by atoms with Crippen molar-refractivity contribution in [2.24, 2.45) is 0 Å². The first-order valence-electron chi connectivity index (χ1n) is 12.4. The van der Waals surface area contributed by atoms with Gasteiger partial charge in [-0.2, -0.15) is 21.6 Å². The summed E-state index contributed by atoms with van der Waals surface area (Å²) in [6.07, 6.45) is 5.33. The molecule has 0 saturated heterocycles. The highest BCUT2D eigenvalue weighted by Crippen LogP contribution is 2.37. The number of benzene rings is 3. The molecule has 0 aliphatic rings. The van der Waals surface area contributed by atoms with Crippen LogP contribution in [0.3, 0.4) is 0 Å². The van der Waals surface area contributed by atoms with Crippen molar-refractivity contribution < 1.29 is 49.7 Å². The Labute approximate surface area is 249 Å². The summed E-state index contributed by atoms with van der Waals surface area (Å²) in [6, 6.07) is 22.6. The number of rotatable bonds is 9. The van der Waals surface area contributed by atoms with Crippen molar-refractivity contribution in [2.45, 2.75) is 24.9 Å². The number of carbonyl (C=O) groups is 1. The summed E-state index contributed by atoms with van der Waals surface area (Å²) in [7, 11) is -9.84. The molecule has 0 aliphatic heterocycles. The number of nitrogens with one attached hydrogen (secondary N) is 1. The standard InChI is InChI=1S/C14H19F3NO6PS.C8H6.C6H7BO2/c1-10(19)18-12(9-23-25(2,3)20)8-11-4-6-13(7-5-11)24-26(21,22)14(15,16)17;1-2-8-6-4-3-5-7-8;8-7(9)6-4-2-1-3-5-6/h4-7,12H,8-9H2,1-3H3,(H,18,19);1,3-7H;1-5,8-9H/t12-;;/m1../s1. The summed E-state index contributed by atoms with van der Waals surface area (Å²) in [4.78, 5) is 11.2. The van der Waals surface area contributed by atoms with Gasteiger partial charge < -0.3 is 24.1 Å². The molecular weight excluding hydrogens is 609 g/mol. The topological polar surface area (TPSA) is 139 Å². The van der Waals surface area contributed by atoms with Crippen LogP contribution in [0.5, 0.6) is 5.75 Å². The maximum absolute atomic E-state index is 12.3. The summed E-state index contributed by atoms with van der Waals surface area (Å²) in [5.41, 5.74) is -3.48. The first kappa shape index (κ1) is 37.4. The zero-order valence-corrected chi connectivity index (χ0v) is 25.3. The van der Waals surface area contributed by atoms with E-state index in [0.717, 1.165) is 17.7 Å². The van der Waals surface area contributed by atoms with Crippen LogP contribution in [0, 0.1) is 12.3 Å². The molecule has 3 N–H and O–H groups in total. The van der Waals surface area contributed by atoms with Gasteiger partial charge in [-0.15, -0.1) is 6.42 Å². The van der Waals surface area contributed by atoms with Gasteiger partial charge in [-0.25, -0.2) is 0 Å². The Morgan fingerprint density at radius 1 is 1.00 bits per heavy atom. The van der Waals surface area contributed by atoms with Crippen molar-refractivity contribution in [1.82, 2.24) is 5.32 Å². The molecule has 0 aliphatic carbocycles. The smallest absolute Gasteiger partial charge is 0.423 e. The normalized spacial score (nSPS) is 11.8. The molecule has 0 bridgehead atoms. The van der Waals surface area contributed by atoms with Crippen LogP contribution in [-0.2, 0) is 30.4 Å². The van der Waals surface area contributed by atoms with Crippen LogP contribution >= 0.6 is 7.37 Å². The second-order valence-electron chi connectivity index (χ2n) is 9.07. The number of hydrogen-bond donors (Lipinski definition) is 3. The maximum atomic E-state index is 12.3. The number of halogens is 3. The van der Waals surface area contributed by atoms with E-state index in [1.165, 1.54) is 32.4 Å². The summed E-state index contributed by atoms with van der Waals surface area (Å²) in [6.45, 7) is 4.12. The molecule has 0 fully saturated rings. The van der Waals surface area contributed by atoms with Gasteiger partial charge in [-0.3, -0.25) is 9.36 Å². The molecule has 15 heteroatoms. The van der Waals surface area contributed by atoms with E-state index < -0.39 is 41.9 Å². The molecule has 0 radical (unpaired) electrons. The first-order valence-corrected chi connectivity index (χ1v) is 16.4. The highest BCUT2D eigenvalue weighted by molar-refractivity contribution is 7.88. The van der Waals surface area contributed by atoms with Crippen molar-refractivity contribution in [3.63, 3.8) is 0 Å². The molecule has 0 spiro atoms. The van der Waals surface area contributed by atoms with Gasteiger partial charge in [0.15, 0.2) is 7.37 Å². The van der Waals surface area contributed by atoms with Crippen LogP contribution < -0.4 is 15.0 Å². The number of alkyl halides is 3. The fourth-order valence-corrected chi connectivity index (χ4v) is 4.01. The Morgan fingerprint density at radius 3 is 1.88 bits per heavy atom. The lowest BCUT2D eigenvalue weighted by Crippen LogP contribution is -2.38. The van der Waals surface area contributed by atoms with Gasteiger partial charge in [-0.05, 0) is 41.7 Å². The molecule has 0 saturated carbocycles. The monoisotopic (exact) mass is 641 g/mol. The predicted molar refractivity (Wildman–Crippen MR) is 159 cm³/mol. The fraction of sp³-hybridized carbons (Fsp3) is 0.250. The number of amides is 1. The molecule has 1 atom stereocenters. The lowest BCUT2D eigenvalue weighted by Gasteiger charge is -2.19. The third-order valence-corrected chi connectivity index (χ3v) is 6.68. The second-order valence-corrected chi connectivity index (χ2v) is 13.4. The van der Waals surface area contributed by atoms with E-state index >= 15 is 0 Å². The minimum absolute atomic E-state index is 0.0233. The molecule has 0 heterocycles. The summed E-state index contributed by atoms with van der Waals surface area (Å²) in [5, 5.41) is 19.8. The van der Waals surface area contributed by atoms with E-state index in [4.69, 9.17) is 21.0 Å². The van der Waals surface area contributed by atoms with Crippen LogP contribution in [0.4, 0.5) is 13.2 Å². The van der Waals surface area contributed by atoms with E-state index in [9.17, 15) is 30.9 Å². The highest BCUT2D eigenvalue weighted by atomic mass is 32.2. The third-order valence-electron chi connectivity index (χ3n) is 4.93. The zero-order chi connectivity index (χ0) is 32.7.